The minimum Gasteiger partial charge on any atom is -0.366 e. The Hall–Kier alpha value is -1.97. The van der Waals surface area contributed by atoms with Crippen molar-refractivity contribution in [3.05, 3.63) is 48.2 Å². The fourth-order valence-corrected chi connectivity index (χ4v) is 1.38. The second-order valence-corrected chi connectivity index (χ2v) is 3.46. The highest BCUT2D eigenvalue weighted by molar-refractivity contribution is 5.35. The zero-order valence-electron chi connectivity index (χ0n) is 9.22. The maximum Gasteiger partial charge on any atom is 0.129 e. The quantitative estimate of drug-likeness (QED) is 0.846. The monoisotopic (exact) mass is 214 g/mol. The second-order valence-electron chi connectivity index (χ2n) is 3.46. The molecule has 0 aliphatic heterocycles. The van der Waals surface area contributed by atoms with Gasteiger partial charge in [-0.2, -0.15) is 0 Å². The number of pyridine rings is 1. The van der Waals surface area contributed by atoms with Crippen LogP contribution in [0.25, 0.3) is 0 Å². The topological polar surface area (TPSA) is 50.7 Å². The number of rotatable bonds is 4. The standard InChI is InChI=1S/C12H14N4/c1-2-11-6-12(16-9-15-11)14-8-10-4-3-5-13-7-10/h3-7,9H,2,8H2,1H3,(H,14,15,16). The first-order valence-corrected chi connectivity index (χ1v) is 5.32. The van der Waals surface area contributed by atoms with Gasteiger partial charge in [0.05, 0.1) is 0 Å². The minimum atomic E-state index is 0.730. The van der Waals surface area contributed by atoms with Gasteiger partial charge in [-0.15, -0.1) is 0 Å². The van der Waals surface area contributed by atoms with Crippen molar-refractivity contribution in [1.82, 2.24) is 15.0 Å². The molecule has 0 bridgehead atoms. The van der Waals surface area contributed by atoms with E-state index in [1.807, 2.05) is 24.4 Å². The number of aryl methyl sites for hydroxylation is 1. The zero-order valence-corrected chi connectivity index (χ0v) is 9.22. The van der Waals surface area contributed by atoms with Crippen LogP contribution in [0.1, 0.15) is 18.2 Å². The Kier molecular flexibility index (Phi) is 3.43. The lowest BCUT2D eigenvalue weighted by Crippen LogP contribution is -2.02. The van der Waals surface area contributed by atoms with E-state index in [1.54, 1.807) is 12.5 Å². The van der Waals surface area contributed by atoms with Crippen molar-refractivity contribution in [3.8, 4) is 0 Å². The fraction of sp³-hybridized carbons (Fsp3) is 0.250. The van der Waals surface area contributed by atoms with Crippen molar-refractivity contribution in [2.24, 2.45) is 0 Å². The Bertz CT molecular complexity index is 442. The first kappa shape index (κ1) is 10.5. The number of hydrogen-bond donors (Lipinski definition) is 1. The summed E-state index contributed by atoms with van der Waals surface area (Å²) in [5, 5.41) is 3.24. The number of nitrogens with zero attached hydrogens (tertiary/aromatic N) is 3. The molecule has 0 atom stereocenters. The fourth-order valence-electron chi connectivity index (χ4n) is 1.38. The molecule has 0 aliphatic rings. The molecule has 2 aromatic heterocycles. The average molecular weight is 214 g/mol. The van der Waals surface area contributed by atoms with Gasteiger partial charge in [-0.1, -0.05) is 13.0 Å². The molecule has 0 fully saturated rings. The van der Waals surface area contributed by atoms with Gasteiger partial charge in [0.15, 0.2) is 0 Å². The summed E-state index contributed by atoms with van der Waals surface area (Å²) in [5.74, 6) is 0.857. The number of aromatic nitrogens is 3. The van der Waals surface area contributed by atoms with Crippen molar-refractivity contribution in [2.45, 2.75) is 19.9 Å². The maximum absolute atomic E-state index is 4.16. The first-order valence-electron chi connectivity index (χ1n) is 5.32. The third-order valence-corrected chi connectivity index (χ3v) is 2.28. The number of hydrogen-bond acceptors (Lipinski definition) is 4. The van der Waals surface area contributed by atoms with Gasteiger partial charge in [0.2, 0.25) is 0 Å². The van der Waals surface area contributed by atoms with Crippen LogP contribution in [0.5, 0.6) is 0 Å². The summed E-state index contributed by atoms with van der Waals surface area (Å²) >= 11 is 0. The van der Waals surface area contributed by atoms with Crippen molar-refractivity contribution in [1.29, 1.82) is 0 Å². The zero-order chi connectivity index (χ0) is 11.2. The molecule has 1 N–H and O–H groups in total. The van der Waals surface area contributed by atoms with E-state index >= 15 is 0 Å². The summed E-state index contributed by atoms with van der Waals surface area (Å²) in [6, 6.07) is 5.92. The Morgan fingerprint density at radius 3 is 3.00 bits per heavy atom. The van der Waals surface area contributed by atoms with Crippen LogP contribution in [-0.2, 0) is 13.0 Å². The van der Waals surface area contributed by atoms with Crippen LogP contribution >= 0.6 is 0 Å². The Balaban J connectivity index is 1.99. The largest absolute Gasteiger partial charge is 0.366 e. The van der Waals surface area contributed by atoms with Gasteiger partial charge in [0, 0.05) is 30.7 Å². The van der Waals surface area contributed by atoms with Crippen molar-refractivity contribution in [2.75, 3.05) is 5.32 Å². The molecule has 2 heterocycles. The number of nitrogens with one attached hydrogen (secondary N) is 1. The smallest absolute Gasteiger partial charge is 0.129 e. The highest BCUT2D eigenvalue weighted by atomic mass is 15.0. The van der Waals surface area contributed by atoms with Gasteiger partial charge in [-0.05, 0) is 18.1 Å². The molecule has 0 unspecified atom stereocenters. The molecule has 4 nitrogen and oxygen atoms in total. The molecular weight excluding hydrogens is 200 g/mol. The van der Waals surface area contributed by atoms with Gasteiger partial charge in [0.25, 0.3) is 0 Å². The van der Waals surface area contributed by atoms with Gasteiger partial charge in [-0.3, -0.25) is 4.98 Å². The van der Waals surface area contributed by atoms with E-state index in [9.17, 15) is 0 Å². The molecule has 0 aromatic carbocycles. The molecule has 2 aromatic rings. The van der Waals surface area contributed by atoms with Crippen LogP contribution in [0.4, 0.5) is 5.82 Å². The predicted octanol–water partition coefficient (Wildman–Crippen LogP) is 2.05. The number of anilines is 1. The van der Waals surface area contributed by atoms with E-state index in [0.717, 1.165) is 30.0 Å². The summed E-state index contributed by atoms with van der Waals surface area (Å²) < 4.78 is 0. The third kappa shape index (κ3) is 2.76. The van der Waals surface area contributed by atoms with Gasteiger partial charge >= 0.3 is 0 Å². The van der Waals surface area contributed by atoms with Crippen LogP contribution in [0.2, 0.25) is 0 Å². The Labute approximate surface area is 94.8 Å². The highest BCUT2D eigenvalue weighted by Gasteiger charge is 1.97. The molecular formula is C12H14N4. The van der Waals surface area contributed by atoms with Crippen LogP contribution in [0.3, 0.4) is 0 Å². The van der Waals surface area contributed by atoms with E-state index in [0.29, 0.717) is 0 Å². The molecule has 16 heavy (non-hydrogen) atoms. The average Bonchev–Trinajstić information content (AvgIpc) is 2.38. The summed E-state index contributed by atoms with van der Waals surface area (Å²) in [5.41, 5.74) is 2.18. The van der Waals surface area contributed by atoms with Crippen molar-refractivity contribution >= 4 is 5.82 Å². The van der Waals surface area contributed by atoms with Gasteiger partial charge in [-0.25, -0.2) is 9.97 Å². The van der Waals surface area contributed by atoms with Crippen molar-refractivity contribution in [3.63, 3.8) is 0 Å². The Morgan fingerprint density at radius 2 is 2.25 bits per heavy atom. The molecule has 0 aliphatic carbocycles. The van der Waals surface area contributed by atoms with E-state index in [-0.39, 0.29) is 0 Å². The normalized spacial score (nSPS) is 10.1. The maximum atomic E-state index is 4.16. The van der Waals surface area contributed by atoms with Crippen LogP contribution in [-0.4, -0.2) is 15.0 Å². The van der Waals surface area contributed by atoms with E-state index in [2.05, 4.69) is 27.2 Å². The van der Waals surface area contributed by atoms with Crippen LogP contribution in [0.15, 0.2) is 36.9 Å². The molecule has 0 radical (unpaired) electrons. The highest BCUT2D eigenvalue weighted by Crippen LogP contribution is 2.06. The lowest BCUT2D eigenvalue weighted by molar-refractivity contribution is 0.985. The molecule has 4 heteroatoms. The molecule has 0 saturated heterocycles. The molecule has 82 valence electrons. The second kappa shape index (κ2) is 5.21. The Morgan fingerprint density at radius 1 is 1.31 bits per heavy atom. The summed E-state index contributed by atoms with van der Waals surface area (Å²) in [6.45, 7) is 2.81. The van der Waals surface area contributed by atoms with Crippen LogP contribution in [0, 0.1) is 0 Å². The first-order chi connectivity index (χ1) is 7.88. The van der Waals surface area contributed by atoms with Crippen LogP contribution < -0.4 is 5.32 Å². The SMILES string of the molecule is CCc1cc(NCc2cccnc2)ncn1. The summed E-state index contributed by atoms with van der Waals surface area (Å²) in [6.07, 6.45) is 6.12. The molecule has 0 amide bonds. The minimum absolute atomic E-state index is 0.730. The lowest BCUT2D eigenvalue weighted by atomic mass is 10.3. The third-order valence-electron chi connectivity index (χ3n) is 2.28. The van der Waals surface area contributed by atoms with Crippen molar-refractivity contribution < 1.29 is 0 Å². The van der Waals surface area contributed by atoms with E-state index < -0.39 is 0 Å². The lowest BCUT2D eigenvalue weighted by Gasteiger charge is -2.05. The van der Waals surface area contributed by atoms with Gasteiger partial charge < -0.3 is 5.32 Å². The summed E-state index contributed by atoms with van der Waals surface area (Å²) in [4.78, 5) is 12.4. The molecule has 2 rings (SSSR count). The predicted molar refractivity (Wildman–Crippen MR) is 63.0 cm³/mol. The summed E-state index contributed by atoms with van der Waals surface area (Å²) in [7, 11) is 0. The van der Waals surface area contributed by atoms with E-state index in [4.69, 9.17) is 0 Å². The molecule has 0 spiro atoms. The van der Waals surface area contributed by atoms with Gasteiger partial charge in [0.1, 0.15) is 12.1 Å². The van der Waals surface area contributed by atoms with E-state index in [1.165, 1.54) is 0 Å². The molecule has 0 saturated carbocycles.